The van der Waals surface area contributed by atoms with Crippen molar-refractivity contribution in [3.05, 3.63) is 54.1 Å². The number of nitrogens with one attached hydrogen (secondary N) is 2. The molecule has 2 aromatic heterocycles. The molecule has 5 heteroatoms. The molecule has 0 aliphatic heterocycles. The molecule has 1 aliphatic rings. The molecular formula is C18H22N4O. The van der Waals surface area contributed by atoms with Gasteiger partial charge in [-0.15, -0.1) is 0 Å². The van der Waals surface area contributed by atoms with Gasteiger partial charge in [0.25, 0.3) is 5.91 Å². The highest BCUT2D eigenvalue weighted by Gasteiger charge is 2.14. The zero-order chi connectivity index (χ0) is 15.9. The van der Waals surface area contributed by atoms with Crippen molar-refractivity contribution in [2.24, 2.45) is 0 Å². The Morgan fingerprint density at radius 3 is 2.65 bits per heavy atom. The summed E-state index contributed by atoms with van der Waals surface area (Å²) in [5.41, 5.74) is 2.53. The molecule has 0 atom stereocenters. The molecule has 3 rings (SSSR count). The summed E-state index contributed by atoms with van der Waals surface area (Å²) < 4.78 is 0. The van der Waals surface area contributed by atoms with Gasteiger partial charge in [0.15, 0.2) is 0 Å². The number of carbonyl (C=O) groups is 1. The molecule has 120 valence electrons. The van der Waals surface area contributed by atoms with Crippen LogP contribution in [0.4, 0.5) is 5.69 Å². The lowest BCUT2D eigenvalue weighted by Crippen LogP contribution is -2.24. The summed E-state index contributed by atoms with van der Waals surface area (Å²) in [7, 11) is 0. The average molecular weight is 310 g/mol. The van der Waals surface area contributed by atoms with Gasteiger partial charge in [-0.2, -0.15) is 0 Å². The number of aromatic nitrogens is 2. The van der Waals surface area contributed by atoms with Gasteiger partial charge < -0.3 is 10.6 Å². The Labute approximate surface area is 136 Å². The van der Waals surface area contributed by atoms with E-state index < -0.39 is 0 Å². The van der Waals surface area contributed by atoms with E-state index in [0.717, 1.165) is 11.3 Å². The van der Waals surface area contributed by atoms with Crippen LogP contribution in [0.15, 0.2) is 43.0 Å². The molecule has 0 radical (unpaired) electrons. The van der Waals surface area contributed by atoms with Gasteiger partial charge in [-0.05, 0) is 36.6 Å². The van der Waals surface area contributed by atoms with Crippen LogP contribution < -0.4 is 10.6 Å². The number of nitrogens with zero attached hydrogens (tertiary/aromatic N) is 2. The summed E-state index contributed by atoms with van der Waals surface area (Å²) >= 11 is 0. The van der Waals surface area contributed by atoms with Gasteiger partial charge in [-0.3, -0.25) is 14.8 Å². The lowest BCUT2D eigenvalue weighted by molar-refractivity contribution is 0.0950. The van der Waals surface area contributed by atoms with Gasteiger partial charge in [0, 0.05) is 37.4 Å². The Morgan fingerprint density at radius 1 is 1.09 bits per heavy atom. The largest absolute Gasteiger partial charge is 0.381 e. The Bertz CT molecular complexity index is 638. The van der Waals surface area contributed by atoms with Crippen molar-refractivity contribution >= 4 is 11.6 Å². The van der Waals surface area contributed by atoms with Crippen molar-refractivity contribution in [1.29, 1.82) is 0 Å². The van der Waals surface area contributed by atoms with Crippen LogP contribution >= 0.6 is 0 Å². The van der Waals surface area contributed by atoms with E-state index in [1.54, 1.807) is 24.8 Å². The maximum atomic E-state index is 12.3. The molecule has 2 aromatic rings. The van der Waals surface area contributed by atoms with Crippen LogP contribution in [0.5, 0.6) is 0 Å². The highest BCUT2D eigenvalue weighted by atomic mass is 16.1. The van der Waals surface area contributed by atoms with E-state index in [4.69, 9.17) is 0 Å². The summed E-state index contributed by atoms with van der Waals surface area (Å²) in [6.45, 7) is 0.488. The number of carbonyl (C=O) groups excluding carboxylic acids is 1. The molecule has 0 spiro atoms. The van der Waals surface area contributed by atoms with Crippen molar-refractivity contribution in [2.45, 2.75) is 44.7 Å². The van der Waals surface area contributed by atoms with Gasteiger partial charge in [-0.25, -0.2) is 0 Å². The fourth-order valence-corrected chi connectivity index (χ4v) is 2.91. The number of hydrogen-bond acceptors (Lipinski definition) is 4. The van der Waals surface area contributed by atoms with Gasteiger partial charge >= 0.3 is 0 Å². The second-order valence-corrected chi connectivity index (χ2v) is 5.98. The average Bonchev–Trinajstić information content (AvgIpc) is 2.62. The Kier molecular flexibility index (Phi) is 5.19. The van der Waals surface area contributed by atoms with Crippen LogP contribution in [-0.2, 0) is 6.54 Å². The first-order valence-electron chi connectivity index (χ1n) is 8.20. The fourth-order valence-electron chi connectivity index (χ4n) is 2.91. The summed E-state index contributed by atoms with van der Waals surface area (Å²) in [6.07, 6.45) is 13.1. The predicted octanol–water partition coefficient (Wildman–Crippen LogP) is 3.15. The molecule has 1 fully saturated rings. The predicted molar refractivity (Wildman–Crippen MR) is 90.1 cm³/mol. The number of hydrogen-bond donors (Lipinski definition) is 2. The zero-order valence-corrected chi connectivity index (χ0v) is 13.2. The standard InChI is InChI=1S/C18H22N4O/c23-18(21-11-14-6-8-19-9-7-14)15-10-17(13-20-12-15)22-16-4-2-1-3-5-16/h6-10,12-13,16,22H,1-5,11H2,(H,21,23). The minimum absolute atomic E-state index is 0.110. The van der Waals surface area contributed by atoms with Crippen molar-refractivity contribution in [3.63, 3.8) is 0 Å². The second-order valence-electron chi connectivity index (χ2n) is 5.98. The second kappa shape index (κ2) is 7.72. The van der Waals surface area contributed by atoms with E-state index in [0.29, 0.717) is 18.2 Å². The normalized spacial score (nSPS) is 15.1. The molecule has 1 saturated carbocycles. The van der Waals surface area contributed by atoms with Gasteiger partial charge in [0.05, 0.1) is 11.3 Å². The topological polar surface area (TPSA) is 66.9 Å². The summed E-state index contributed by atoms with van der Waals surface area (Å²) in [5, 5.41) is 6.41. The minimum atomic E-state index is -0.110. The maximum Gasteiger partial charge on any atom is 0.253 e. The molecule has 1 aliphatic carbocycles. The lowest BCUT2D eigenvalue weighted by Gasteiger charge is -2.23. The minimum Gasteiger partial charge on any atom is -0.381 e. The third-order valence-corrected chi connectivity index (χ3v) is 4.18. The van der Waals surface area contributed by atoms with E-state index in [1.165, 1.54) is 32.1 Å². The van der Waals surface area contributed by atoms with E-state index in [-0.39, 0.29) is 5.91 Å². The van der Waals surface area contributed by atoms with Crippen molar-refractivity contribution in [3.8, 4) is 0 Å². The first-order chi connectivity index (χ1) is 11.3. The summed E-state index contributed by atoms with van der Waals surface area (Å²) in [6, 6.07) is 6.16. The van der Waals surface area contributed by atoms with Gasteiger partial charge in [-0.1, -0.05) is 19.3 Å². The SMILES string of the molecule is O=C(NCc1ccncc1)c1cncc(NC2CCCCC2)c1. The van der Waals surface area contributed by atoms with Gasteiger partial charge in [0.2, 0.25) is 0 Å². The molecular weight excluding hydrogens is 288 g/mol. The number of amides is 1. The molecule has 0 bridgehead atoms. The Balaban J connectivity index is 1.58. The third-order valence-electron chi connectivity index (χ3n) is 4.18. The molecule has 23 heavy (non-hydrogen) atoms. The Morgan fingerprint density at radius 2 is 1.87 bits per heavy atom. The van der Waals surface area contributed by atoms with Crippen LogP contribution in [0, 0.1) is 0 Å². The lowest BCUT2D eigenvalue weighted by atomic mass is 9.95. The monoisotopic (exact) mass is 310 g/mol. The van der Waals surface area contributed by atoms with Crippen molar-refractivity contribution < 1.29 is 4.79 Å². The number of rotatable bonds is 5. The van der Waals surface area contributed by atoms with Crippen LogP contribution in [0.1, 0.15) is 48.0 Å². The highest BCUT2D eigenvalue weighted by Crippen LogP contribution is 2.21. The van der Waals surface area contributed by atoms with Crippen molar-refractivity contribution in [1.82, 2.24) is 15.3 Å². The highest BCUT2D eigenvalue weighted by molar-refractivity contribution is 5.94. The fraction of sp³-hybridized carbons (Fsp3) is 0.389. The van der Waals surface area contributed by atoms with Crippen LogP contribution in [0.2, 0.25) is 0 Å². The van der Waals surface area contributed by atoms with E-state index in [9.17, 15) is 4.79 Å². The third kappa shape index (κ3) is 4.52. The summed E-state index contributed by atoms with van der Waals surface area (Å²) in [5.74, 6) is -0.110. The zero-order valence-electron chi connectivity index (χ0n) is 13.2. The molecule has 2 N–H and O–H groups in total. The quantitative estimate of drug-likeness (QED) is 0.890. The molecule has 0 unspecified atom stereocenters. The smallest absolute Gasteiger partial charge is 0.253 e. The molecule has 0 saturated heterocycles. The maximum absolute atomic E-state index is 12.3. The molecule has 1 amide bonds. The van der Waals surface area contributed by atoms with Crippen LogP contribution in [-0.4, -0.2) is 21.9 Å². The van der Waals surface area contributed by atoms with E-state index >= 15 is 0 Å². The van der Waals surface area contributed by atoms with Crippen LogP contribution in [0.3, 0.4) is 0 Å². The van der Waals surface area contributed by atoms with Crippen LogP contribution in [0.25, 0.3) is 0 Å². The Hall–Kier alpha value is -2.43. The number of anilines is 1. The first kappa shape index (κ1) is 15.5. The molecule has 2 heterocycles. The summed E-state index contributed by atoms with van der Waals surface area (Å²) in [4.78, 5) is 20.4. The molecule has 0 aromatic carbocycles. The van der Waals surface area contributed by atoms with Gasteiger partial charge in [0.1, 0.15) is 0 Å². The van der Waals surface area contributed by atoms with Crippen molar-refractivity contribution in [2.75, 3.05) is 5.32 Å². The molecule has 5 nitrogen and oxygen atoms in total. The van der Waals surface area contributed by atoms with E-state index in [2.05, 4.69) is 20.6 Å². The van der Waals surface area contributed by atoms with E-state index in [1.807, 2.05) is 18.2 Å². The first-order valence-corrected chi connectivity index (χ1v) is 8.20. The number of pyridine rings is 2.